The van der Waals surface area contributed by atoms with Crippen LogP contribution in [0.25, 0.3) is 5.69 Å². The van der Waals surface area contributed by atoms with Gasteiger partial charge in [-0.25, -0.2) is 0 Å². The van der Waals surface area contributed by atoms with Crippen molar-refractivity contribution in [1.29, 1.82) is 0 Å². The van der Waals surface area contributed by atoms with Crippen LogP contribution in [0.2, 0.25) is 0 Å². The van der Waals surface area contributed by atoms with E-state index < -0.39 is 0 Å². The number of hydrogen-bond acceptors (Lipinski definition) is 5. The van der Waals surface area contributed by atoms with Gasteiger partial charge in [0, 0.05) is 25.7 Å². The highest BCUT2D eigenvalue weighted by molar-refractivity contribution is 7.99. The first-order valence-corrected chi connectivity index (χ1v) is 13.0. The number of amides is 1. The Bertz CT molecular complexity index is 877. The molecule has 2 aliphatic heterocycles. The number of para-hydroxylation sites is 1. The normalized spacial score (nSPS) is 24.1. The molecule has 7 heteroatoms. The van der Waals surface area contributed by atoms with E-state index in [0.717, 1.165) is 48.8 Å². The lowest BCUT2D eigenvalue weighted by Crippen LogP contribution is -2.50. The molecule has 166 valence electrons. The van der Waals surface area contributed by atoms with Gasteiger partial charge in [-0.15, -0.1) is 10.2 Å². The van der Waals surface area contributed by atoms with E-state index in [0.29, 0.717) is 11.8 Å². The van der Waals surface area contributed by atoms with Crippen molar-refractivity contribution in [2.24, 2.45) is 5.92 Å². The summed E-state index contributed by atoms with van der Waals surface area (Å²) in [5.74, 6) is 2.33. The van der Waals surface area contributed by atoms with Crippen LogP contribution in [0, 0.1) is 5.92 Å². The third kappa shape index (κ3) is 4.47. The van der Waals surface area contributed by atoms with Crippen LogP contribution < -0.4 is 4.90 Å². The molecule has 2 saturated heterocycles. The third-order valence-corrected chi connectivity index (χ3v) is 8.07. The van der Waals surface area contributed by atoms with Crippen molar-refractivity contribution in [1.82, 2.24) is 19.7 Å². The highest BCUT2D eigenvalue weighted by Gasteiger charge is 2.35. The Morgan fingerprint density at radius 1 is 0.903 bits per heavy atom. The van der Waals surface area contributed by atoms with Gasteiger partial charge in [0.05, 0.1) is 11.4 Å². The van der Waals surface area contributed by atoms with E-state index in [-0.39, 0.29) is 5.91 Å². The zero-order chi connectivity index (χ0) is 21.0. The number of rotatable bonds is 5. The summed E-state index contributed by atoms with van der Waals surface area (Å²) >= 11 is 1.54. The van der Waals surface area contributed by atoms with Gasteiger partial charge < -0.3 is 9.80 Å². The maximum Gasteiger partial charge on any atom is 0.233 e. The van der Waals surface area contributed by atoms with Crippen molar-refractivity contribution in [2.75, 3.05) is 30.3 Å². The SMILES string of the molecule is O=C(CSc1nnc(N2CCCCC2)n1-c1ccccc1)N1CCC[C@@H]2CCCC[C@@H]21. The molecule has 1 aromatic heterocycles. The number of carbonyl (C=O) groups is 1. The lowest BCUT2D eigenvalue weighted by atomic mass is 9.78. The standard InChI is InChI=1S/C24H33N5OS/c30-22(28-17-9-11-19-10-5-6-14-21(19)28)18-31-24-26-25-23(27-15-7-2-8-16-27)29(24)20-12-3-1-4-13-20/h1,3-4,12-13,19,21H,2,5-11,14-18H2/t19-,21-/m0/s1. The second-order valence-corrected chi connectivity index (χ2v) is 10.1. The fraction of sp³-hybridized carbons (Fsp3) is 0.625. The summed E-state index contributed by atoms with van der Waals surface area (Å²) in [7, 11) is 0. The van der Waals surface area contributed by atoms with Crippen LogP contribution in [0.1, 0.15) is 57.8 Å². The van der Waals surface area contributed by atoms with Gasteiger partial charge in [0.15, 0.2) is 5.16 Å². The number of hydrogen-bond donors (Lipinski definition) is 0. The number of fused-ring (bicyclic) bond motifs is 1. The minimum absolute atomic E-state index is 0.267. The molecular formula is C24H33N5OS. The molecule has 0 N–H and O–H groups in total. The zero-order valence-electron chi connectivity index (χ0n) is 18.3. The summed E-state index contributed by atoms with van der Waals surface area (Å²) < 4.78 is 2.14. The molecule has 3 aliphatic rings. The van der Waals surface area contributed by atoms with Crippen LogP contribution in [0.15, 0.2) is 35.5 Å². The summed E-state index contributed by atoms with van der Waals surface area (Å²) in [6.07, 6.45) is 11.2. The Hall–Kier alpha value is -2.02. The van der Waals surface area contributed by atoms with Crippen LogP contribution in [0.4, 0.5) is 5.95 Å². The van der Waals surface area contributed by atoms with E-state index in [4.69, 9.17) is 0 Å². The molecule has 31 heavy (non-hydrogen) atoms. The first-order chi connectivity index (χ1) is 15.3. The molecule has 5 rings (SSSR count). The largest absolute Gasteiger partial charge is 0.341 e. The molecule has 6 nitrogen and oxygen atoms in total. The Kier molecular flexibility index (Phi) is 6.48. The lowest BCUT2D eigenvalue weighted by Gasteiger charge is -2.44. The fourth-order valence-electron chi connectivity index (χ4n) is 5.60. The van der Waals surface area contributed by atoms with Gasteiger partial charge in [-0.1, -0.05) is 42.8 Å². The summed E-state index contributed by atoms with van der Waals surface area (Å²) in [5.41, 5.74) is 1.06. The molecule has 0 bridgehead atoms. The number of thioether (sulfide) groups is 1. The molecule has 2 aromatic rings. The number of aromatic nitrogens is 3. The van der Waals surface area contributed by atoms with Crippen molar-refractivity contribution in [3.05, 3.63) is 30.3 Å². The number of likely N-dealkylation sites (tertiary alicyclic amines) is 1. The number of anilines is 1. The predicted molar refractivity (Wildman–Crippen MR) is 125 cm³/mol. The molecule has 2 atom stereocenters. The van der Waals surface area contributed by atoms with E-state index in [9.17, 15) is 4.79 Å². The lowest BCUT2D eigenvalue weighted by molar-refractivity contribution is -0.134. The van der Waals surface area contributed by atoms with Crippen LogP contribution in [-0.4, -0.2) is 57.0 Å². The van der Waals surface area contributed by atoms with Gasteiger partial charge >= 0.3 is 0 Å². The first-order valence-electron chi connectivity index (χ1n) is 12.0. The summed E-state index contributed by atoms with van der Waals surface area (Å²) in [6.45, 7) is 2.96. The predicted octanol–water partition coefficient (Wildman–Crippen LogP) is 4.53. The zero-order valence-corrected chi connectivity index (χ0v) is 19.1. The highest BCUT2D eigenvalue weighted by atomic mass is 32.2. The van der Waals surface area contributed by atoms with E-state index in [1.807, 2.05) is 18.2 Å². The van der Waals surface area contributed by atoms with Crippen molar-refractivity contribution < 1.29 is 4.79 Å². The quantitative estimate of drug-likeness (QED) is 0.641. The molecule has 3 fully saturated rings. The smallest absolute Gasteiger partial charge is 0.233 e. The molecule has 1 aromatic carbocycles. The van der Waals surface area contributed by atoms with Crippen molar-refractivity contribution in [2.45, 2.75) is 69.0 Å². The molecule has 1 aliphatic carbocycles. The van der Waals surface area contributed by atoms with Crippen LogP contribution in [0.5, 0.6) is 0 Å². The van der Waals surface area contributed by atoms with Crippen molar-refractivity contribution in [3.8, 4) is 5.69 Å². The topological polar surface area (TPSA) is 54.3 Å². The highest BCUT2D eigenvalue weighted by Crippen LogP contribution is 2.36. The maximum absolute atomic E-state index is 13.2. The summed E-state index contributed by atoms with van der Waals surface area (Å²) in [4.78, 5) is 17.7. The second-order valence-electron chi connectivity index (χ2n) is 9.13. The van der Waals surface area contributed by atoms with Gasteiger partial charge in [0.2, 0.25) is 11.9 Å². The van der Waals surface area contributed by atoms with Crippen molar-refractivity contribution in [3.63, 3.8) is 0 Å². The molecule has 1 saturated carbocycles. The monoisotopic (exact) mass is 439 g/mol. The number of nitrogens with zero attached hydrogens (tertiary/aromatic N) is 5. The fourth-order valence-corrected chi connectivity index (χ4v) is 6.43. The maximum atomic E-state index is 13.2. The van der Waals surface area contributed by atoms with Gasteiger partial charge in [0.25, 0.3) is 0 Å². The average Bonchev–Trinajstić information content (AvgIpc) is 3.27. The summed E-state index contributed by atoms with van der Waals surface area (Å²) in [5, 5.41) is 9.91. The molecule has 1 amide bonds. The van der Waals surface area contributed by atoms with Crippen LogP contribution in [-0.2, 0) is 4.79 Å². The molecule has 0 spiro atoms. The van der Waals surface area contributed by atoms with Crippen molar-refractivity contribution >= 4 is 23.6 Å². The molecule has 3 heterocycles. The Morgan fingerprint density at radius 3 is 2.52 bits per heavy atom. The Morgan fingerprint density at radius 2 is 1.68 bits per heavy atom. The molecule has 0 radical (unpaired) electrons. The second kappa shape index (κ2) is 9.63. The minimum atomic E-state index is 0.267. The molecule has 0 unspecified atom stereocenters. The van der Waals surface area contributed by atoms with Gasteiger partial charge in [-0.3, -0.25) is 9.36 Å². The first kappa shape index (κ1) is 20.9. The van der Waals surface area contributed by atoms with E-state index in [1.165, 1.54) is 63.1 Å². The summed E-state index contributed by atoms with van der Waals surface area (Å²) in [6, 6.07) is 10.8. The van der Waals surface area contributed by atoms with E-state index in [2.05, 4.69) is 36.7 Å². The van der Waals surface area contributed by atoms with Gasteiger partial charge in [-0.05, 0) is 63.0 Å². The van der Waals surface area contributed by atoms with Crippen LogP contribution in [0.3, 0.4) is 0 Å². The third-order valence-electron chi connectivity index (χ3n) is 7.16. The number of carbonyl (C=O) groups excluding carboxylic acids is 1. The minimum Gasteiger partial charge on any atom is -0.341 e. The van der Waals surface area contributed by atoms with E-state index in [1.54, 1.807) is 0 Å². The van der Waals surface area contributed by atoms with Crippen LogP contribution >= 0.6 is 11.8 Å². The average molecular weight is 440 g/mol. The Labute approximate surface area is 189 Å². The molecular weight excluding hydrogens is 406 g/mol. The number of piperidine rings is 2. The van der Waals surface area contributed by atoms with Gasteiger partial charge in [0.1, 0.15) is 0 Å². The van der Waals surface area contributed by atoms with E-state index >= 15 is 0 Å². The number of benzene rings is 1. The Balaban J connectivity index is 1.34. The van der Waals surface area contributed by atoms with Gasteiger partial charge in [-0.2, -0.15) is 0 Å².